The lowest BCUT2D eigenvalue weighted by atomic mass is 10.1. The van der Waals surface area contributed by atoms with Gasteiger partial charge in [0.15, 0.2) is 5.78 Å². The van der Waals surface area contributed by atoms with Crippen molar-refractivity contribution in [1.82, 2.24) is 0 Å². The molecule has 0 radical (unpaired) electrons. The Morgan fingerprint density at radius 3 is 1.71 bits per heavy atom. The summed E-state index contributed by atoms with van der Waals surface area (Å²) in [5.74, 6) is 0.137. The third-order valence-corrected chi connectivity index (χ3v) is 1.52. The van der Waals surface area contributed by atoms with E-state index in [1.165, 1.54) is 0 Å². The predicted octanol–water partition coefficient (Wildman–Crippen LogP) is 4.25. The molecular weight excluding hydrogens is 172 g/mol. The van der Waals surface area contributed by atoms with E-state index in [1.807, 2.05) is 58.9 Å². The van der Waals surface area contributed by atoms with Gasteiger partial charge in [0.2, 0.25) is 0 Å². The Balaban J connectivity index is 0. The van der Waals surface area contributed by atoms with E-state index in [9.17, 15) is 4.79 Å². The highest BCUT2D eigenvalue weighted by Gasteiger charge is 1.99. The Hall–Kier alpha value is -1.11. The summed E-state index contributed by atoms with van der Waals surface area (Å²) in [6.07, 6.45) is 0. The quantitative estimate of drug-likeness (QED) is 0.611. The number of hydrogen-bond acceptors (Lipinski definition) is 1. The molecule has 1 heteroatoms. The van der Waals surface area contributed by atoms with E-state index in [0.29, 0.717) is 0 Å². The Kier molecular flexibility index (Phi) is 10.9. The van der Waals surface area contributed by atoms with Crippen molar-refractivity contribution >= 4 is 5.78 Å². The number of ketones is 1. The number of Topliss-reactive ketones (excluding diaryl/α,β-unsaturated/α-hetero) is 1. The van der Waals surface area contributed by atoms with Crippen LogP contribution in [-0.4, -0.2) is 5.78 Å². The van der Waals surface area contributed by atoms with Gasteiger partial charge in [-0.1, -0.05) is 52.0 Å². The second kappa shape index (κ2) is 9.97. The van der Waals surface area contributed by atoms with E-state index in [0.717, 1.165) is 11.1 Å². The lowest BCUT2D eigenvalue weighted by molar-refractivity contribution is 0.101. The fraction of sp³-hybridized carbons (Fsp3) is 0.462. The lowest BCUT2D eigenvalue weighted by Gasteiger charge is -1.97. The van der Waals surface area contributed by atoms with Gasteiger partial charge < -0.3 is 0 Å². The van der Waals surface area contributed by atoms with E-state index < -0.39 is 0 Å². The van der Waals surface area contributed by atoms with Crippen LogP contribution in [-0.2, 0) is 0 Å². The van der Waals surface area contributed by atoms with Crippen molar-refractivity contribution in [3.63, 3.8) is 0 Å². The SMILES string of the molecule is CC.CC.CC(=O)c1ccccc1C. The van der Waals surface area contributed by atoms with E-state index in [2.05, 4.69) is 0 Å². The number of aryl methyl sites for hydroxylation is 1. The first kappa shape index (κ1) is 15.4. The molecule has 0 N–H and O–H groups in total. The molecular formula is C13H22O. The number of benzene rings is 1. The average molecular weight is 194 g/mol. The summed E-state index contributed by atoms with van der Waals surface area (Å²) in [5, 5.41) is 0. The molecule has 0 amide bonds. The van der Waals surface area contributed by atoms with Crippen molar-refractivity contribution in [1.29, 1.82) is 0 Å². The molecule has 0 aromatic heterocycles. The second-order valence-electron chi connectivity index (χ2n) is 2.37. The van der Waals surface area contributed by atoms with Crippen molar-refractivity contribution in [2.75, 3.05) is 0 Å². The predicted molar refractivity (Wildman–Crippen MR) is 63.9 cm³/mol. The Labute approximate surface area is 88.2 Å². The van der Waals surface area contributed by atoms with E-state index in [-0.39, 0.29) is 5.78 Å². The lowest BCUT2D eigenvalue weighted by Crippen LogP contribution is -1.93. The van der Waals surface area contributed by atoms with Gasteiger partial charge in [0.05, 0.1) is 0 Å². The number of carbonyl (C=O) groups is 1. The summed E-state index contributed by atoms with van der Waals surface area (Å²) < 4.78 is 0. The van der Waals surface area contributed by atoms with Crippen LogP contribution in [0.3, 0.4) is 0 Å². The monoisotopic (exact) mass is 194 g/mol. The molecule has 0 fully saturated rings. The van der Waals surface area contributed by atoms with Crippen LogP contribution < -0.4 is 0 Å². The third-order valence-electron chi connectivity index (χ3n) is 1.52. The number of rotatable bonds is 1. The van der Waals surface area contributed by atoms with Crippen LogP contribution in [0, 0.1) is 6.92 Å². The van der Waals surface area contributed by atoms with Crippen LogP contribution in [0.5, 0.6) is 0 Å². The molecule has 0 saturated heterocycles. The minimum absolute atomic E-state index is 0.137. The van der Waals surface area contributed by atoms with Crippen molar-refractivity contribution in [3.8, 4) is 0 Å². The maximum Gasteiger partial charge on any atom is 0.160 e. The summed E-state index contributed by atoms with van der Waals surface area (Å²) in [7, 11) is 0. The standard InChI is InChI=1S/C9H10O.2C2H6/c1-7-5-3-4-6-9(7)8(2)10;2*1-2/h3-6H,1-2H3;2*1-2H3. The number of hydrogen-bond donors (Lipinski definition) is 0. The molecule has 1 aromatic rings. The third kappa shape index (κ3) is 5.52. The molecule has 1 rings (SSSR count). The van der Waals surface area contributed by atoms with Gasteiger partial charge in [0, 0.05) is 5.56 Å². The van der Waals surface area contributed by atoms with Crippen LogP contribution in [0.25, 0.3) is 0 Å². The highest BCUT2D eigenvalue weighted by atomic mass is 16.1. The summed E-state index contributed by atoms with van der Waals surface area (Å²) in [6.45, 7) is 11.5. The van der Waals surface area contributed by atoms with E-state index >= 15 is 0 Å². The first-order valence-corrected chi connectivity index (χ1v) is 5.28. The zero-order chi connectivity index (χ0) is 11.6. The van der Waals surface area contributed by atoms with Gasteiger partial charge in [-0.05, 0) is 19.4 Å². The smallest absolute Gasteiger partial charge is 0.160 e. The van der Waals surface area contributed by atoms with Gasteiger partial charge in [0.25, 0.3) is 0 Å². The van der Waals surface area contributed by atoms with Crippen LogP contribution >= 0.6 is 0 Å². The van der Waals surface area contributed by atoms with Crippen molar-refractivity contribution in [2.24, 2.45) is 0 Å². The molecule has 0 saturated carbocycles. The van der Waals surface area contributed by atoms with Gasteiger partial charge in [-0.25, -0.2) is 0 Å². The molecule has 0 heterocycles. The zero-order valence-electron chi connectivity index (χ0n) is 10.2. The van der Waals surface area contributed by atoms with Crippen molar-refractivity contribution < 1.29 is 4.79 Å². The van der Waals surface area contributed by atoms with Gasteiger partial charge in [-0.2, -0.15) is 0 Å². The highest BCUT2D eigenvalue weighted by Crippen LogP contribution is 2.06. The Bertz CT molecular complexity index is 251. The van der Waals surface area contributed by atoms with Gasteiger partial charge in [-0.15, -0.1) is 0 Å². The molecule has 0 aliphatic heterocycles. The molecule has 0 spiro atoms. The normalized spacial score (nSPS) is 7.57. The maximum atomic E-state index is 10.9. The highest BCUT2D eigenvalue weighted by molar-refractivity contribution is 5.95. The summed E-state index contributed by atoms with van der Waals surface area (Å²) in [5.41, 5.74) is 1.87. The fourth-order valence-corrected chi connectivity index (χ4v) is 0.968. The molecule has 0 atom stereocenters. The van der Waals surface area contributed by atoms with Gasteiger partial charge in [0.1, 0.15) is 0 Å². The van der Waals surface area contributed by atoms with Crippen molar-refractivity contribution in [3.05, 3.63) is 35.4 Å². The topological polar surface area (TPSA) is 17.1 Å². The van der Waals surface area contributed by atoms with Crippen LogP contribution in [0.4, 0.5) is 0 Å². The molecule has 0 aliphatic carbocycles. The summed E-state index contributed by atoms with van der Waals surface area (Å²) in [4.78, 5) is 10.9. The summed E-state index contributed by atoms with van der Waals surface area (Å²) in [6, 6.07) is 7.60. The molecule has 0 aliphatic rings. The molecule has 1 nitrogen and oxygen atoms in total. The average Bonchev–Trinajstić information content (AvgIpc) is 2.24. The molecule has 0 bridgehead atoms. The zero-order valence-corrected chi connectivity index (χ0v) is 10.2. The summed E-state index contributed by atoms with van der Waals surface area (Å²) >= 11 is 0. The van der Waals surface area contributed by atoms with Gasteiger partial charge >= 0.3 is 0 Å². The fourth-order valence-electron chi connectivity index (χ4n) is 0.968. The maximum absolute atomic E-state index is 10.9. The first-order valence-electron chi connectivity index (χ1n) is 5.28. The molecule has 14 heavy (non-hydrogen) atoms. The van der Waals surface area contributed by atoms with Gasteiger partial charge in [-0.3, -0.25) is 4.79 Å². The van der Waals surface area contributed by atoms with Crippen molar-refractivity contribution in [2.45, 2.75) is 41.5 Å². The van der Waals surface area contributed by atoms with Crippen LogP contribution in [0.15, 0.2) is 24.3 Å². The molecule has 0 unspecified atom stereocenters. The minimum atomic E-state index is 0.137. The van der Waals surface area contributed by atoms with Crippen LogP contribution in [0.2, 0.25) is 0 Å². The van der Waals surface area contributed by atoms with Crippen LogP contribution in [0.1, 0.15) is 50.5 Å². The Morgan fingerprint density at radius 1 is 1.00 bits per heavy atom. The molecule has 80 valence electrons. The largest absolute Gasteiger partial charge is 0.295 e. The van der Waals surface area contributed by atoms with E-state index in [4.69, 9.17) is 0 Å². The number of carbonyl (C=O) groups excluding carboxylic acids is 1. The molecule has 1 aromatic carbocycles. The minimum Gasteiger partial charge on any atom is -0.295 e. The second-order valence-corrected chi connectivity index (χ2v) is 2.37. The first-order chi connectivity index (χ1) is 6.72. The van der Waals surface area contributed by atoms with E-state index in [1.54, 1.807) is 6.92 Å². The Morgan fingerprint density at radius 2 is 1.43 bits per heavy atom.